The Labute approximate surface area is 93.6 Å². The van der Waals surface area contributed by atoms with Gasteiger partial charge in [-0.3, -0.25) is 10.1 Å². The first kappa shape index (κ1) is 12.4. The summed E-state index contributed by atoms with van der Waals surface area (Å²) in [5.74, 6) is -0.800. The molecule has 0 aliphatic rings. The Morgan fingerprint density at radius 2 is 2.19 bits per heavy atom. The van der Waals surface area contributed by atoms with Gasteiger partial charge < -0.3 is 5.32 Å². The lowest BCUT2D eigenvalue weighted by molar-refractivity contribution is -0.387. The number of nitrogens with zero attached hydrogens (tertiary/aromatic N) is 1. The van der Waals surface area contributed by atoms with Crippen LogP contribution in [0.3, 0.4) is 0 Å². The van der Waals surface area contributed by atoms with E-state index < -0.39 is 16.4 Å². The number of nitro benzene ring substituents is 1. The molecule has 0 unspecified atom stereocenters. The molecular weight excluding hydrogens is 211 g/mol. The van der Waals surface area contributed by atoms with Crippen molar-refractivity contribution in [1.82, 2.24) is 0 Å². The number of halogens is 1. The number of nitrogens with one attached hydrogen (secondary N) is 1. The third-order valence-electron chi connectivity index (χ3n) is 2.25. The second-order valence-electron chi connectivity index (χ2n) is 3.56. The van der Waals surface area contributed by atoms with Crippen molar-refractivity contribution in [3.63, 3.8) is 0 Å². The molecule has 0 aliphatic heterocycles. The molecule has 0 saturated heterocycles. The zero-order valence-electron chi connectivity index (χ0n) is 9.20. The average molecular weight is 226 g/mol. The van der Waals surface area contributed by atoms with Crippen LogP contribution < -0.4 is 5.32 Å². The van der Waals surface area contributed by atoms with Crippen molar-refractivity contribution in [1.29, 1.82) is 0 Å². The molecule has 4 nitrogen and oxygen atoms in total. The van der Waals surface area contributed by atoms with Gasteiger partial charge in [0.25, 0.3) is 0 Å². The number of nitro groups is 1. The van der Waals surface area contributed by atoms with E-state index in [1.807, 2.05) is 0 Å². The van der Waals surface area contributed by atoms with Crippen LogP contribution in [0, 0.1) is 15.9 Å². The lowest BCUT2D eigenvalue weighted by Crippen LogP contribution is -2.02. The van der Waals surface area contributed by atoms with Gasteiger partial charge >= 0.3 is 5.69 Å². The van der Waals surface area contributed by atoms with Crippen LogP contribution >= 0.6 is 0 Å². The van der Waals surface area contributed by atoms with E-state index in [0.29, 0.717) is 5.69 Å². The van der Waals surface area contributed by atoms with Crippen LogP contribution in [0.15, 0.2) is 18.2 Å². The summed E-state index contributed by atoms with van der Waals surface area (Å²) < 4.78 is 13.2. The molecular formula is C11H15FN2O2. The van der Waals surface area contributed by atoms with Crippen LogP contribution in [0.2, 0.25) is 0 Å². The maximum absolute atomic E-state index is 13.2. The number of hydrogen-bond acceptors (Lipinski definition) is 3. The second kappa shape index (κ2) is 6.05. The van der Waals surface area contributed by atoms with Crippen molar-refractivity contribution < 1.29 is 9.31 Å². The van der Waals surface area contributed by atoms with E-state index in [1.165, 1.54) is 12.1 Å². The average Bonchev–Trinajstić information content (AvgIpc) is 2.24. The molecule has 1 aromatic rings. The van der Waals surface area contributed by atoms with Gasteiger partial charge in [0.1, 0.15) is 0 Å². The number of anilines is 1. The summed E-state index contributed by atoms with van der Waals surface area (Å²) in [5, 5.41) is 13.4. The van der Waals surface area contributed by atoms with Crippen molar-refractivity contribution in [2.45, 2.75) is 26.2 Å². The van der Waals surface area contributed by atoms with E-state index in [-0.39, 0.29) is 0 Å². The van der Waals surface area contributed by atoms with Crippen molar-refractivity contribution >= 4 is 11.4 Å². The largest absolute Gasteiger partial charge is 0.385 e. The van der Waals surface area contributed by atoms with Gasteiger partial charge in [0, 0.05) is 24.4 Å². The second-order valence-corrected chi connectivity index (χ2v) is 3.56. The van der Waals surface area contributed by atoms with Gasteiger partial charge in [-0.25, -0.2) is 0 Å². The number of unbranched alkanes of at least 4 members (excludes halogenated alkanes) is 2. The summed E-state index contributed by atoms with van der Waals surface area (Å²) >= 11 is 0. The normalized spacial score (nSPS) is 10.1. The summed E-state index contributed by atoms with van der Waals surface area (Å²) in [7, 11) is 0. The van der Waals surface area contributed by atoms with Gasteiger partial charge in [-0.2, -0.15) is 4.39 Å². The maximum atomic E-state index is 13.2. The molecule has 0 saturated carbocycles. The Balaban J connectivity index is 2.56. The molecule has 16 heavy (non-hydrogen) atoms. The molecule has 0 aromatic heterocycles. The van der Waals surface area contributed by atoms with Crippen LogP contribution in [0.4, 0.5) is 15.8 Å². The van der Waals surface area contributed by atoms with E-state index >= 15 is 0 Å². The van der Waals surface area contributed by atoms with Gasteiger partial charge in [0.15, 0.2) is 0 Å². The predicted octanol–water partition coefficient (Wildman–Crippen LogP) is 3.34. The Hall–Kier alpha value is -1.65. The molecule has 0 radical (unpaired) electrons. The SMILES string of the molecule is CCCCCNc1ccc([N+](=O)[O-])c(F)c1. The molecule has 0 fully saturated rings. The van der Waals surface area contributed by atoms with Crippen molar-refractivity contribution in [2.75, 3.05) is 11.9 Å². The third kappa shape index (κ3) is 3.49. The highest BCUT2D eigenvalue weighted by Crippen LogP contribution is 2.20. The van der Waals surface area contributed by atoms with Gasteiger partial charge in [0.2, 0.25) is 5.82 Å². The van der Waals surface area contributed by atoms with Crippen LogP contribution in [0.25, 0.3) is 0 Å². The van der Waals surface area contributed by atoms with Gasteiger partial charge in [-0.1, -0.05) is 19.8 Å². The molecule has 0 bridgehead atoms. The Bertz CT molecular complexity index is 369. The van der Waals surface area contributed by atoms with Gasteiger partial charge in [-0.05, 0) is 12.5 Å². The topological polar surface area (TPSA) is 55.2 Å². The standard InChI is InChI=1S/C11H15FN2O2/c1-2-3-4-7-13-9-5-6-11(14(15)16)10(12)8-9/h5-6,8,13H,2-4,7H2,1H3. The van der Waals surface area contributed by atoms with E-state index in [9.17, 15) is 14.5 Å². The van der Waals surface area contributed by atoms with E-state index in [4.69, 9.17) is 0 Å². The Kier molecular flexibility index (Phi) is 4.69. The quantitative estimate of drug-likeness (QED) is 0.460. The molecule has 0 amide bonds. The molecule has 1 aromatic carbocycles. The first-order valence-corrected chi connectivity index (χ1v) is 5.33. The molecule has 5 heteroatoms. The highest BCUT2D eigenvalue weighted by molar-refractivity contribution is 5.49. The number of benzene rings is 1. The molecule has 1 rings (SSSR count). The molecule has 0 spiro atoms. The number of hydrogen-bond donors (Lipinski definition) is 1. The molecule has 0 aliphatic carbocycles. The fourth-order valence-electron chi connectivity index (χ4n) is 1.37. The first-order chi connectivity index (χ1) is 7.65. The van der Waals surface area contributed by atoms with Crippen molar-refractivity contribution in [3.8, 4) is 0 Å². The molecule has 88 valence electrons. The zero-order valence-corrected chi connectivity index (χ0v) is 9.20. The molecule has 0 heterocycles. The summed E-state index contributed by atoms with van der Waals surface area (Å²) in [5.41, 5.74) is 0.0957. The monoisotopic (exact) mass is 226 g/mol. The lowest BCUT2D eigenvalue weighted by atomic mass is 10.2. The minimum Gasteiger partial charge on any atom is -0.385 e. The summed E-state index contributed by atoms with van der Waals surface area (Å²) in [6, 6.07) is 3.86. The molecule has 0 atom stereocenters. The van der Waals surface area contributed by atoms with Gasteiger partial charge in [0.05, 0.1) is 4.92 Å². The number of rotatable bonds is 6. The predicted molar refractivity (Wildman–Crippen MR) is 61.1 cm³/mol. The minimum atomic E-state index is -0.800. The Morgan fingerprint density at radius 1 is 1.44 bits per heavy atom. The smallest absolute Gasteiger partial charge is 0.304 e. The van der Waals surface area contributed by atoms with E-state index in [0.717, 1.165) is 31.9 Å². The van der Waals surface area contributed by atoms with Crippen molar-refractivity contribution in [3.05, 3.63) is 34.1 Å². The van der Waals surface area contributed by atoms with Gasteiger partial charge in [-0.15, -0.1) is 0 Å². The summed E-state index contributed by atoms with van der Waals surface area (Å²) in [6.07, 6.45) is 3.24. The highest BCUT2D eigenvalue weighted by atomic mass is 19.1. The Morgan fingerprint density at radius 3 is 2.75 bits per heavy atom. The summed E-state index contributed by atoms with van der Waals surface area (Å²) in [6.45, 7) is 2.86. The zero-order chi connectivity index (χ0) is 12.0. The molecule has 1 N–H and O–H groups in total. The van der Waals surface area contributed by atoms with E-state index in [2.05, 4.69) is 12.2 Å². The van der Waals surface area contributed by atoms with E-state index in [1.54, 1.807) is 0 Å². The van der Waals surface area contributed by atoms with Crippen LogP contribution in [-0.4, -0.2) is 11.5 Å². The lowest BCUT2D eigenvalue weighted by Gasteiger charge is -2.05. The summed E-state index contributed by atoms with van der Waals surface area (Å²) in [4.78, 5) is 9.65. The first-order valence-electron chi connectivity index (χ1n) is 5.33. The minimum absolute atomic E-state index is 0.487. The highest BCUT2D eigenvalue weighted by Gasteiger charge is 2.13. The third-order valence-corrected chi connectivity index (χ3v) is 2.25. The van der Waals surface area contributed by atoms with Crippen LogP contribution in [-0.2, 0) is 0 Å². The van der Waals surface area contributed by atoms with Crippen LogP contribution in [0.5, 0.6) is 0 Å². The fourth-order valence-corrected chi connectivity index (χ4v) is 1.37. The fraction of sp³-hybridized carbons (Fsp3) is 0.455. The van der Waals surface area contributed by atoms with Crippen LogP contribution in [0.1, 0.15) is 26.2 Å². The van der Waals surface area contributed by atoms with Crippen molar-refractivity contribution in [2.24, 2.45) is 0 Å². The maximum Gasteiger partial charge on any atom is 0.304 e.